The van der Waals surface area contributed by atoms with Crippen LogP contribution in [0.2, 0.25) is 0 Å². The predicted octanol–water partition coefficient (Wildman–Crippen LogP) is 5.13. The van der Waals surface area contributed by atoms with Crippen molar-refractivity contribution in [2.24, 2.45) is 0 Å². The van der Waals surface area contributed by atoms with Gasteiger partial charge in [-0.2, -0.15) is 0 Å². The summed E-state index contributed by atoms with van der Waals surface area (Å²) in [4.78, 5) is 40.2. The second kappa shape index (κ2) is 9.04. The number of benzene rings is 1. The number of amides is 1. The first-order valence-electron chi connectivity index (χ1n) is 10.6. The Bertz CT molecular complexity index is 885. The van der Waals surface area contributed by atoms with E-state index in [4.69, 9.17) is 0 Å². The Balaban J connectivity index is 1.33. The molecule has 0 N–H and O–H groups in total. The number of carbonyl (C=O) groups is 3. The van der Waals surface area contributed by atoms with Crippen molar-refractivity contribution >= 4 is 28.8 Å². The molecule has 4 rings (SSSR count). The van der Waals surface area contributed by atoms with Gasteiger partial charge in [-0.3, -0.25) is 14.4 Å². The molecule has 1 heterocycles. The monoisotopic (exact) mass is 409 g/mol. The van der Waals surface area contributed by atoms with Crippen LogP contribution < -0.4 is 0 Å². The molecule has 4 nitrogen and oxygen atoms in total. The van der Waals surface area contributed by atoms with Gasteiger partial charge in [-0.1, -0.05) is 30.3 Å². The van der Waals surface area contributed by atoms with Gasteiger partial charge in [0, 0.05) is 31.7 Å². The van der Waals surface area contributed by atoms with Gasteiger partial charge in [0.25, 0.3) is 0 Å². The summed E-state index contributed by atoms with van der Waals surface area (Å²) in [6.45, 7) is 0. The highest BCUT2D eigenvalue weighted by molar-refractivity contribution is 7.12. The van der Waals surface area contributed by atoms with Crippen molar-refractivity contribution < 1.29 is 14.4 Å². The van der Waals surface area contributed by atoms with Crippen LogP contribution in [0.5, 0.6) is 0 Å². The van der Waals surface area contributed by atoms with E-state index < -0.39 is 0 Å². The summed E-state index contributed by atoms with van der Waals surface area (Å²) in [6, 6.07) is 12.6. The Hall–Kier alpha value is -2.27. The second-order valence-electron chi connectivity index (χ2n) is 8.08. The molecule has 2 aliphatic carbocycles. The minimum absolute atomic E-state index is 0.00282. The third-order valence-corrected chi connectivity index (χ3v) is 6.86. The number of thiophene rings is 1. The molecule has 0 saturated heterocycles. The average Bonchev–Trinajstić information content (AvgIpc) is 3.41. The van der Waals surface area contributed by atoms with Crippen LogP contribution in [-0.4, -0.2) is 28.4 Å². The fraction of sp³-hybridized carbons (Fsp3) is 0.458. The average molecular weight is 410 g/mol. The number of fused-ring (bicyclic) bond motifs is 1. The summed E-state index contributed by atoms with van der Waals surface area (Å²) in [5.74, 6) is 0.105. The number of Topliss-reactive ketones (excluding diaryl/α,β-unsaturated/α-hetero) is 2. The molecule has 1 saturated carbocycles. The maximum atomic E-state index is 13.1. The summed E-state index contributed by atoms with van der Waals surface area (Å²) >= 11 is 1.40. The standard InChI is InChI=1S/C24H27NO3S/c26-19(12-14-22(27)23-9-4-16-29-23)13-15-24(28)25(18-10-11-18)21-8-3-6-17-5-1-2-7-20(17)21/h1-2,4-5,7,9,16,18,21H,3,6,8,10-15H2. The van der Waals surface area contributed by atoms with Crippen LogP contribution in [-0.2, 0) is 16.0 Å². The van der Waals surface area contributed by atoms with Crippen LogP contribution in [0.1, 0.15) is 78.2 Å². The molecule has 5 heteroatoms. The molecule has 0 aliphatic heterocycles. The van der Waals surface area contributed by atoms with Gasteiger partial charge in [-0.25, -0.2) is 0 Å². The van der Waals surface area contributed by atoms with E-state index >= 15 is 0 Å². The van der Waals surface area contributed by atoms with Crippen LogP contribution >= 0.6 is 11.3 Å². The van der Waals surface area contributed by atoms with E-state index in [1.54, 1.807) is 6.07 Å². The number of aryl methyl sites for hydroxylation is 1. The molecule has 1 amide bonds. The lowest BCUT2D eigenvalue weighted by Crippen LogP contribution is -2.38. The predicted molar refractivity (Wildman–Crippen MR) is 114 cm³/mol. The highest BCUT2D eigenvalue weighted by Crippen LogP contribution is 2.41. The molecule has 1 aromatic carbocycles. The Labute approximate surface area is 175 Å². The van der Waals surface area contributed by atoms with E-state index in [1.807, 2.05) is 11.4 Å². The van der Waals surface area contributed by atoms with Crippen LogP contribution in [0.15, 0.2) is 41.8 Å². The zero-order valence-corrected chi connectivity index (χ0v) is 17.5. The van der Waals surface area contributed by atoms with Crippen molar-refractivity contribution in [1.29, 1.82) is 0 Å². The molecule has 0 radical (unpaired) electrons. The summed E-state index contributed by atoms with van der Waals surface area (Å²) in [7, 11) is 0. The molecule has 0 bridgehead atoms. The third-order valence-electron chi connectivity index (χ3n) is 5.95. The van der Waals surface area contributed by atoms with Gasteiger partial charge in [0.05, 0.1) is 10.9 Å². The Kier molecular flexibility index (Phi) is 6.24. The first kappa shape index (κ1) is 20.0. The zero-order valence-electron chi connectivity index (χ0n) is 16.6. The number of hydrogen-bond donors (Lipinski definition) is 0. The summed E-state index contributed by atoms with van der Waals surface area (Å²) in [5, 5.41) is 1.86. The number of hydrogen-bond acceptors (Lipinski definition) is 4. The van der Waals surface area contributed by atoms with Crippen LogP contribution in [0.25, 0.3) is 0 Å². The highest BCUT2D eigenvalue weighted by atomic mass is 32.1. The van der Waals surface area contributed by atoms with E-state index in [1.165, 1.54) is 22.5 Å². The maximum absolute atomic E-state index is 13.1. The summed E-state index contributed by atoms with van der Waals surface area (Å²) in [6.07, 6.45) is 6.24. The first-order valence-corrected chi connectivity index (χ1v) is 11.5. The number of ketones is 2. The maximum Gasteiger partial charge on any atom is 0.223 e. The molecule has 1 fully saturated rings. The van der Waals surface area contributed by atoms with Gasteiger partial charge in [0.2, 0.25) is 5.91 Å². The lowest BCUT2D eigenvalue weighted by Gasteiger charge is -2.36. The smallest absolute Gasteiger partial charge is 0.223 e. The molecule has 1 aromatic heterocycles. The topological polar surface area (TPSA) is 54.5 Å². The molecule has 2 aliphatic rings. The number of rotatable bonds is 9. The van der Waals surface area contributed by atoms with Gasteiger partial charge in [0.1, 0.15) is 5.78 Å². The van der Waals surface area contributed by atoms with E-state index in [0.717, 1.165) is 32.1 Å². The zero-order chi connectivity index (χ0) is 20.2. The Morgan fingerprint density at radius 3 is 2.48 bits per heavy atom. The molecule has 29 heavy (non-hydrogen) atoms. The van der Waals surface area contributed by atoms with E-state index in [9.17, 15) is 14.4 Å². The molecule has 0 spiro atoms. The van der Waals surface area contributed by atoms with Crippen molar-refractivity contribution in [3.05, 3.63) is 57.8 Å². The first-order chi connectivity index (χ1) is 14.1. The fourth-order valence-corrected chi connectivity index (χ4v) is 5.01. The molecule has 1 unspecified atom stereocenters. The van der Waals surface area contributed by atoms with Crippen molar-refractivity contribution in [2.45, 2.75) is 69.9 Å². The minimum atomic E-state index is 0.00282. The van der Waals surface area contributed by atoms with E-state index in [0.29, 0.717) is 10.9 Å². The quantitative estimate of drug-likeness (QED) is 0.540. The van der Waals surface area contributed by atoms with Gasteiger partial charge in [0.15, 0.2) is 5.78 Å². The highest BCUT2D eigenvalue weighted by Gasteiger charge is 2.39. The van der Waals surface area contributed by atoms with Crippen molar-refractivity contribution in [1.82, 2.24) is 4.90 Å². The number of nitrogens with zero attached hydrogens (tertiary/aromatic N) is 1. The minimum Gasteiger partial charge on any atom is -0.333 e. The summed E-state index contributed by atoms with van der Waals surface area (Å²) < 4.78 is 0. The van der Waals surface area contributed by atoms with Crippen molar-refractivity contribution in [3.8, 4) is 0 Å². The normalized spacial score (nSPS) is 18.1. The van der Waals surface area contributed by atoms with E-state index in [-0.39, 0.29) is 49.2 Å². The van der Waals surface area contributed by atoms with Crippen molar-refractivity contribution in [3.63, 3.8) is 0 Å². The van der Waals surface area contributed by atoms with Crippen LogP contribution in [0.4, 0.5) is 0 Å². The van der Waals surface area contributed by atoms with Gasteiger partial charge in [-0.15, -0.1) is 11.3 Å². The third kappa shape index (κ3) is 4.84. The molecule has 2 aromatic rings. The van der Waals surface area contributed by atoms with E-state index in [2.05, 4.69) is 29.2 Å². The summed E-state index contributed by atoms with van der Waals surface area (Å²) in [5.41, 5.74) is 2.64. The number of carbonyl (C=O) groups excluding carboxylic acids is 3. The van der Waals surface area contributed by atoms with Crippen LogP contribution in [0, 0.1) is 0 Å². The van der Waals surface area contributed by atoms with Crippen LogP contribution in [0.3, 0.4) is 0 Å². The fourth-order valence-electron chi connectivity index (χ4n) is 4.32. The lowest BCUT2D eigenvalue weighted by atomic mass is 9.86. The molecule has 152 valence electrons. The second-order valence-corrected chi connectivity index (χ2v) is 9.03. The molecular weight excluding hydrogens is 382 g/mol. The molecule has 1 atom stereocenters. The Morgan fingerprint density at radius 1 is 0.931 bits per heavy atom. The largest absolute Gasteiger partial charge is 0.333 e. The van der Waals surface area contributed by atoms with Gasteiger partial charge in [-0.05, 0) is 54.7 Å². The van der Waals surface area contributed by atoms with Crippen molar-refractivity contribution in [2.75, 3.05) is 0 Å². The van der Waals surface area contributed by atoms with Gasteiger partial charge >= 0.3 is 0 Å². The molecular formula is C24H27NO3S. The lowest BCUT2D eigenvalue weighted by molar-refractivity contribution is -0.136. The van der Waals surface area contributed by atoms with Gasteiger partial charge < -0.3 is 4.90 Å². The Morgan fingerprint density at radius 2 is 1.72 bits per heavy atom. The SMILES string of the molecule is O=C(CCC(=O)c1cccs1)CCC(=O)N(C1CC1)C1CCCc2ccccc21.